The van der Waals surface area contributed by atoms with E-state index in [1.54, 1.807) is 24.1 Å². The quantitative estimate of drug-likeness (QED) is 0.395. The van der Waals surface area contributed by atoms with Crippen LogP contribution in [0.1, 0.15) is 30.5 Å². The van der Waals surface area contributed by atoms with Gasteiger partial charge in [-0.2, -0.15) is 0 Å². The van der Waals surface area contributed by atoms with Gasteiger partial charge in [-0.25, -0.2) is 0 Å². The number of carbonyl (C=O) groups is 2. The maximum atomic E-state index is 13.7. The maximum absolute atomic E-state index is 13.7. The van der Waals surface area contributed by atoms with Gasteiger partial charge in [-0.3, -0.25) is 9.59 Å². The molecule has 0 aliphatic carbocycles. The first kappa shape index (κ1) is 26.3. The van der Waals surface area contributed by atoms with E-state index in [9.17, 15) is 9.59 Å². The van der Waals surface area contributed by atoms with Gasteiger partial charge in [0.25, 0.3) is 0 Å². The molecule has 2 amide bonds. The number of halogens is 1. The fourth-order valence-corrected chi connectivity index (χ4v) is 3.95. The van der Waals surface area contributed by atoms with E-state index in [0.29, 0.717) is 29.7 Å². The molecule has 6 heteroatoms. The second kappa shape index (κ2) is 13.0. The highest BCUT2D eigenvalue weighted by Crippen LogP contribution is 2.20. The topological polar surface area (TPSA) is 58.6 Å². The minimum absolute atomic E-state index is 0.129. The Morgan fingerprint density at radius 2 is 1.60 bits per heavy atom. The van der Waals surface area contributed by atoms with Gasteiger partial charge in [-0.1, -0.05) is 80.0 Å². The molecule has 0 unspecified atom stereocenters. The van der Waals surface area contributed by atoms with Crippen LogP contribution in [-0.2, 0) is 29.0 Å². The molecule has 5 nitrogen and oxygen atoms in total. The first-order valence-corrected chi connectivity index (χ1v) is 12.2. The van der Waals surface area contributed by atoms with Gasteiger partial charge in [0.15, 0.2) is 0 Å². The van der Waals surface area contributed by atoms with Crippen LogP contribution < -0.4 is 10.1 Å². The summed E-state index contributed by atoms with van der Waals surface area (Å²) in [7, 11) is 1.61. The number of benzene rings is 3. The van der Waals surface area contributed by atoms with E-state index in [1.165, 1.54) is 0 Å². The zero-order valence-corrected chi connectivity index (χ0v) is 21.3. The third-order valence-electron chi connectivity index (χ3n) is 5.71. The summed E-state index contributed by atoms with van der Waals surface area (Å²) in [6.07, 6.45) is 0.588. The highest BCUT2D eigenvalue weighted by Gasteiger charge is 2.30. The molecule has 0 radical (unpaired) electrons. The van der Waals surface area contributed by atoms with Crippen molar-refractivity contribution >= 4 is 23.4 Å². The minimum atomic E-state index is -0.665. The predicted octanol–water partition coefficient (Wildman–Crippen LogP) is 5.30. The second-order valence-corrected chi connectivity index (χ2v) is 9.46. The lowest BCUT2D eigenvalue weighted by molar-refractivity contribution is -0.140. The lowest BCUT2D eigenvalue weighted by Crippen LogP contribution is -2.51. The van der Waals surface area contributed by atoms with Crippen molar-refractivity contribution in [3.63, 3.8) is 0 Å². The molecule has 0 spiro atoms. The second-order valence-electron chi connectivity index (χ2n) is 9.02. The Kier molecular flexibility index (Phi) is 9.74. The number of nitrogens with one attached hydrogen (secondary N) is 1. The summed E-state index contributed by atoms with van der Waals surface area (Å²) in [6.45, 7) is 4.93. The van der Waals surface area contributed by atoms with Gasteiger partial charge in [0.05, 0.1) is 13.5 Å². The van der Waals surface area contributed by atoms with Crippen LogP contribution in [-0.4, -0.2) is 36.4 Å². The fourth-order valence-electron chi connectivity index (χ4n) is 3.82. The van der Waals surface area contributed by atoms with Crippen LogP contribution in [0.25, 0.3) is 0 Å². The Morgan fingerprint density at radius 3 is 2.26 bits per heavy atom. The van der Waals surface area contributed by atoms with Crippen LogP contribution in [0.4, 0.5) is 0 Å². The minimum Gasteiger partial charge on any atom is -0.497 e. The Balaban J connectivity index is 1.96. The first-order valence-electron chi connectivity index (χ1n) is 11.8. The molecule has 0 saturated carbocycles. The van der Waals surface area contributed by atoms with Crippen molar-refractivity contribution in [3.05, 3.63) is 101 Å². The van der Waals surface area contributed by atoms with E-state index in [1.807, 2.05) is 80.6 Å². The van der Waals surface area contributed by atoms with E-state index in [-0.39, 0.29) is 24.8 Å². The van der Waals surface area contributed by atoms with Crippen LogP contribution in [0.3, 0.4) is 0 Å². The Bertz CT molecular complexity index is 1100. The standard InChI is InChI=1S/C29H33ClN2O3/c1-21(2)19-31-29(34)27(17-22-8-5-4-6-9-22)32(20-24-10-7-11-26(16-24)35-3)28(33)18-23-12-14-25(30)15-13-23/h4-16,21,27H,17-20H2,1-3H3,(H,31,34)/t27-/m0/s1. The molecule has 3 aromatic rings. The Hall–Kier alpha value is -3.31. The maximum Gasteiger partial charge on any atom is 0.243 e. The molecule has 0 bridgehead atoms. The normalized spacial score (nSPS) is 11.7. The largest absolute Gasteiger partial charge is 0.497 e. The summed E-state index contributed by atoms with van der Waals surface area (Å²) in [6, 6.07) is 23.9. The number of hydrogen-bond acceptors (Lipinski definition) is 3. The van der Waals surface area contributed by atoms with Crippen molar-refractivity contribution in [2.24, 2.45) is 5.92 Å². The Morgan fingerprint density at radius 1 is 0.914 bits per heavy atom. The van der Waals surface area contributed by atoms with E-state index >= 15 is 0 Å². The van der Waals surface area contributed by atoms with Crippen LogP contribution in [0.15, 0.2) is 78.9 Å². The SMILES string of the molecule is COc1cccc(CN(C(=O)Cc2ccc(Cl)cc2)[C@@H](Cc2ccccc2)C(=O)NCC(C)C)c1. The third-order valence-corrected chi connectivity index (χ3v) is 5.96. The van der Waals surface area contributed by atoms with E-state index < -0.39 is 6.04 Å². The molecule has 3 rings (SSSR count). The van der Waals surface area contributed by atoms with Gasteiger partial charge in [0.1, 0.15) is 11.8 Å². The number of carbonyl (C=O) groups excluding carboxylic acids is 2. The number of nitrogens with zero attached hydrogens (tertiary/aromatic N) is 1. The zero-order valence-electron chi connectivity index (χ0n) is 20.5. The lowest BCUT2D eigenvalue weighted by atomic mass is 10.0. The van der Waals surface area contributed by atoms with Crippen LogP contribution >= 0.6 is 11.6 Å². The number of rotatable bonds is 11. The van der Waals surface area contributed by atoms with Gasteiger partial charge in [0, 0.05) is 24.5 Å². The van der Waals surface area contributed by atoms with Gasteiger partial charge >= 0.3 is 0 Å². The summed E-state index contributed by atoms with van der Waals surface area (Å²) in [5.41, 5.74) is 2.73. The lowest BCUT2D eigenvalue weighted by Gasteiger charge is -2.32. The zero-order chi connectivity index (χ0) is 25.2. The highest BCUT2D eigenvalue weighted by atomic mass is 35.5. The molecule has 1 atom stereocenters. The molecule has 184 valence electrons. The summed E-state index contributed by atoms with van der Waals surface area (Å²) < 4.78 is 5.38. The monoisotopic (exact) mass is 492 g/mol. The summed E-state index contributed by atoms with van der Waals surface area (Å²) in [5.74, 6) is 0.718. The van der Waals surface area contributed by atoms with Gasteiger partial charge < -0.3 is 15.0 Å². The van der Waals surface area contributed by atoms with Crippen molar-refractivity contribution < 1.29 is 14.3 Å². The van der Waals surface area contributed by atoms with E-state index in [2.05, 4.69) is 5.32 Å². The fraction of sp³-hybridized carbons (Fsp3) is 0.310. The highest BCUT2D eigenvalue weighted by molar-refractivity contribution is 6.30. The molecule has 0 heterocycles. The first-order chi connectivity index (χ1) is 16.9. The summed E-state index contributed by atoms with van der Waals surface area (Å²) in [4.78, 5) is 28.9. The van der Waals surface area contributed by atoms with Gasteiger partial charge in [0.2, 0.25) is 11.8 Å². The molecule has 0 fully saturated rings. The number of ether oxygens (including phenoxy) is 1. The van der Waals surface area contributed by atoms with Crippen molar-refractivity contribution in [2.45, 2.75) is 39.3 Å². The van der Waals surface area contributed by atoms with Gasteiger partial charge in [-0.05, 0) is 46.9 Å². The molecule has 0 saturated heterocycles. The molecular weight excluding hydrogens is 460 g/mol. The van der Waals surface area contributed by atoms with Crippen molar-refractivity contribution in [1.29, 1.82) is 0 Å². The number of hydrogen-bond donors (Lipinski definition) is 1. The van der Waals surface area contributed by atoms with E-state index in [4.69, 9.17) is 16.3 Å². The number of methoxy groups -OCH3 is 1. The molecule has 3 aromatic carbocycles. The van der Waals surface area contributed by atoms with Crippen LogP contribution in [0, 0.1) is 5.92 Å². The average molecular weight is 493 g/mol. The smallest absolute Gasteiger partial charge is 0.243 e. The molecule has 35 heavy (non-hydrogen) atoms. The summed E-state index contributed by atoms with van der Waals surface area (Å²) in [5, 5.41) is 3.66. The van der Waals surface area contributed by atoms with Crippen molar-refractivity contribution in [3.8, 4) is 5.75 Å². The predicted molar refractivity (Wildman–Crippen MR) is 140 cm³/mol. The van der Waals surface area contributed by atoms with Crippen molar-refractivity contribution in [2.75, 3.05) is 13.7 Å². The summed E-state index contributed by atoms with van der Waals surface area (Å²) >= 11 is 6.03. The van der Waals surface area contributed by atoms with Crippen LogP contribution in [0.2, 0.25) is 5.02 Å². The molecule has 0 aromatic heterocycles. The molecule has 1 N–H and O–H groups in total. The van der Waals surface area contributed by atoms with Crippen LogP contribution in [0.5, 0.6) is 5.75 Å². The molecule has 0 aliphatic heterocycles. The van der Waals surface area contributed by atoms with Gasteiger partial charge in [-0.15, -0.1) is 0 Å². The van der Waals surface area contributed by atoms with Crippen molar-refractivity contribution in [1.82, 2.24) is 10.2 Å². The molecule has 0 aliphatic rings. The third kappa shape index (κ3) is 8.15. The Labute approximate surface area is 213 Å². The average Bonchev–Trinajstić information content (AvgIpc) is 2.86. The molecular formula is C29H33ClN2O3. The number of amides is 2. The van der Waals surface area contributed by atoms with E-state index in [0.717, 1.165) is 16.7 Å².